The third-order valence-corrected chi connectivity index (χ3v) is 4.21. The van der Waals surface area contributed by atoms with Gasteiger partial charge < -0.3 is 20.2 Å². The molecule has 6 heteroatoms. The third-order valence-electron chi connectivity index (χ3n) is 4.21. The first-order valence-electron chi connectivity index (χ1n) is 8.45. The lowest BCUT2D eigenvalue weighted by molar-refractivity contribution is 0.302. The average molecular weight is 351 g/mol. The van der Waals surface area contributed by atoms with Crippen LogP contribution in [0.4, 0.5) is 17.1 Å². The molecule has 0 bridgehead atoms. The maximum absolute atomic E-state index is 10.1. The molecule has 3 rings (SSSR count). The zero-order valence-electron chi connectivity index (χ0n) is 14.5. The summed E-state index contributed by atoms with van der Waals surface area (Å²) in [5.74, 6) is -0.514. The molecule has 3 aromatic carbocycles. The highest BCUT2D eigenvalue weighted by Gasteiger charge is 2.11. The molecule has 0 heterocycles. The Bertz CT molecular complexity index is 923. The second kappa shape index (κ2) is 7.84. The molecule has 0 amide bonds. The molecule has 0 aliphatic heterocycles. The summed E-state index contributed by atoms with van der Waals surface area (Å²) in [6, 6.07) is 16.3. The van der Waals surface area contributed by atoms with Gasteiger partial charge in [-0.25, -0.2) is 0 Å². The van der Waals surface area contributed by atoms with Gasteiger partial charge in [0.05, 0.1) is 12.3 Å². The first kappa shape index (κ1) is 17.7. The number of nitrogens with zero attached hydrogens (tertiary/aromatic N) is 3. The number of azo groups is 1. The lowest BCUT2D eigenvalue weighted by Crippen LogP contribution is -2.25. The average Bonchev–Trinajstić information content (AvgIpc) is 2.67. The second-order valence-electron chi connectivity index (χ2n) is 5.83. The standard InChI is InChI=1S/C20H21N3O3/c1-2-23(11-12-24)16-9-7-15(8-10-16)21-22-19-17-6-4-3-5-14(17)13-18(25)20(19)26/h3-10,13,24-26H,2,11-12H2,1H3. The monoisotopic (exact) mass is 351 g/mol. The van der Waals surface area contributed by atoms with Crippen LogP contribution >= 0.6 is 0 Å². The van der Waals surface area contributed by atoms with Crippen molar-refractivity contribution in [1.29, 1.82) is 0 Å². The fourth-order valence-corrected chi connectivity index (χ4v) is 2.83. The molecule has 0 saturated carbocycles. The SMILES string of the molecule is CCN(CCO)c1ccc(N=Nc2c(O)c(O)cc3ccccc23)cc1. The van der Waals surface area contributed by atoms with Gasteiger partial charge in [-0.3, -0.25) is 0 Å². The van der Waals surface area contributed by atoms with E-state index in [4.69, 9.17) is 5.11 Å². The van der Waals surface area contributed by atoms with Gasteiger partial charge in [0, 0.05) is 24.2 Å². The largest absolute Gasteiger partial charge is 0.504 e. The Morgan fingerprint density at radius 1 is 0.962 bits per heavy atom. The van der Waals surface area contributed by atoms with E-state index in [1.54, 1.807) is 0 Å². The van der Waals surface area contributed by atoms with E-state index >= 15 is 0 Å². The van der Waals surface area contributed by atoms with Gasteiger partial charge in [-0.2, -0.15) is 5.11 Å². The lowest BCUT2D eigenvalue weighted by atomic mass is 10.1. The number of hydrogen-bond acceptors (Lipinski definition) is 6. The Morgan fingerprint density at radius 3 is 2.38 bits per heavy atom. The highest BCUT2D eigenvalue weighted by Crippen LogP contribution is 2.42. The Labute approximate surface area is 151 Å². The van der Waals surface area contributed by atoms with E-state index in [-0.39, 0.29) is 23.8 Å². The first-order chi connectivity index (χ1) is 12.6. The molecule has 0 spiro atoms. The van der Waals surface area contributed by atoms with E-state index in [9.17, 15) is 10.2 Å². The summed E-state index contributed by atoms with van der Waals surface area (Å²) in [5, 5.41) is 39.0. The fourth-order valence-electron chi connectivity index (χ4n) is 2.83. The Morgan fingerprint density at radius 2 is 1.69 bits per heavy atom. The molecule has 26 heavy (non-hydrogen) atoms. The summed E-state index contributed by atoms with van der Waals surface area (Å²) in [5.41, 5.74) is 1.85. The molecule has 0 aromatic heterocycles. The van der Waals surface area contributed by atoms with Crippen molar-refractivity contribution in [3.8, 4) is 11.5 Å². The molecule has 0 aliphatic carbocycles. The Kier molecular flexibility index (Phi) is 5.34. The van der Waals surface area contributed by atoms with Crippen molar-refractivity contribution in [3.63, 3.8) is 0 Å². The summed E-state index contributed by atoms with van der Waals surface area (Å²) >= 11 is 0. The fraction of sp³-hybridized carbons (Fsp3) is 0.200. The number of phenolic OH excluding ortho intramolecular Hbond substituents is 2. The Hall–Kier alpha value is -3.12. The summed E-state index contributed by atoms with van der Waals surface area (Å²) in [6.07, 6.45) is 0. The van der Waals surface area contributed by atoms with Crippen LogP contribution in [0.5, 0.6) is 11.5 Å². The maximum atomic E-state index is 10.1. The van der Waals surface area contributed by atoms with Gasteiger partial charge in [0.1, 0.15) is 5.69 Å². The predicted octanol–water partition coefficient (Wildman–Crippen LogP) is 4.49. The van der Waals surface area contributed by atoms with Crippen molar-refractivity contribution in [2.75, 3.05) is 24.6 Å². The van der Waals surface area contributed by atoms with Crippen LogP contribution < -0.4 is 4.90 Å². The third kappa shape index (κ3) is 3.60. The van der Waals surface area contributed by atoms with Crippen molar-refractivity contribution in [2.45, 2.75) is 6.92 Å². The smallest absolute Gasteiger partial charge is 0.186 e. The molecule has 0 atom stereocenters. The molecular formula is C20H21N3O3. The molecule has 0 aliphatic rings. The van der Waals surface area contributed by atoms with Crippen molar-refractivity contribution < 1.29 is 15.3 Å². The van der Waals surface area contributed by atoms with E-state index in [2.05, 4.69) is 15.1 Å². The van der Waals surface area contributed by atoms with E-state index in [1.807, 2.05) is 55.5 Å². The van der Waals surface area contributed by atoms with Crippen molar-refractivity contribution >= 4 is 27.8 Å². The molecule has 0 saturated heterocycles. The molecule has 6 nitrogen and oxygen atoms in total. The molecule has 0 unspecified atom stereocenters. The van der Waals surface area contributed by atoms with Crippen molar-refractivity contribution in [3.05, 3.63) is 54.6 Å². The maximum Gasteiger partial charge on any atom is 0.186 e. The van der Waals surface area contributed by atoms with Gasteiger partial charge in [0.2, 0.25) is 0 Å². The topological polar surface area (TPSA) is 88.7 Å². The predicted molar refractivity (Wildman–Crippen MR) is 103 cm³/mol. The van der Waals surface area contributed by atoms with Crippen LogP contribution in [0, 0.1) is 0 Å². The van der Waals surface area contributed by atoms with E-state index in [0.717, 1.165) is 17.6 Å². The van der Waals surface area contributed by atoms with Crippen LogP contribution in [0.15, 0.2) is 64.8 Å². The minimum atomic E-state index is -0.288. The number of phenols is 2. The first-order valence-corrected chi connectivity index (χ1v) is 8.45. The molecule has 0 fully saturated rings. The number of likely N-dealkylation sites (N-methyl/N-ethyl adjacent to an activating group) is 1. The number of aromatic hydroxyl groups is 2. The zero-order chi connectivity index (χ0) is 18.5. The number of anilines is 1. The number of benzene rings is 3. The van der Waals surface area contributed by atoms with Crippen LogP contribution in [0.25, 0.3) is 10.8 Å². The number of aliphatic hydroxyl groups is 1. The van der Waals surface area contributed by atoms with Crippen molar-refractivity contribution in [2.24, 2.45) is 10.2 Å². The van der Waals surface area contributed by atoms with Crippen LogP contribution in [0.3, 0.4) is 0 Å². The van der Waals surface area contributed by atoms with Crippen LogP contribution in [-0.4, -0.2) is 35.0 Å². The molecule has 0 radical (unpaired) electrons. The summed E-state index contributed by atoms with van der Waals surface area (Å²) in [4.78, 5) is 2.05. The van der Waals surface area contributed by atoms with Crippen LogP contribution in [-0.2, 0) is 0 Å². The summed E-state index contributed by atoms with van der Waals surface area (Å²) in [6.45, 7) is 3.49. The van der Waals surface area contributed by atoms with Crippen molar-refractivity contribution in [1.82, 2.24) is 0 Å². The second-order valence-corrected chi connectivity index (χ2v) is 5.83. The van der Waals surface area contributed by atoms with Gasteiger partial charge >= 0.3 is 0 Å². The summed E-state index contributed by atoms with van der Waals surface area (Å²) in [7, 11) is 0. The highest BCUT2D eigenvalue weighted by atomic mass is 16.3. The normalized spacial score (nSPS) is 11.3. The quantitative estimate of drug-likeness (QED) is 0.451. The number of aliphatic hydroxyl groups excluding tert-OH is 1. The van der Waals surface area contributed by atoms with Gasteiger partial charge in [0.15, 0.2) is 11.5 Å². The molecule has 3 aromatic rings. The van der Waals surface area contributed by atoms with Gasteiger partial charge in [-0.1, -0.05) is 24.3 Å². The minimum absolute atomic E-state index is 0.0964. The summed E-state index contributed by atoms with van der Waals surface area (Å²) < 4.78 is 0. The van der Waals surface area contributed by atoms with Crippen LogP contribution in [0.2, 0.25) is 0 Å². The van der Waals surface area contributed by atoms with Gasteiger partial charge in [-0.15, -0.1) is 5.11 Å². The number of hydrogen-bond donors (Lipinski definition) is 3. The Balaban J connectivity index is 1.91. The van der Waals surface area contributed by atoms with Crippen LogP contribution in [0.1, 0.15) is 6.92 Å². The molecule has 3 N–H and O–H groups in total. The molecular weight excluding hydrogens is 330 g/mol. The molecule has 134 valence electrons. The van der Waals surface area contributed by atoms with E-state index in [1.165, 1.54) is 6.07 Å². The minimum Gasteiger partial charge on any atom is -0.504 e. The van der Waals surface area contributed by atoms with Gasteiger partial charge in [-0.05, 0) is 42.6 Å². The van der Waals surface area contributed by atoms with Gasteiger partial charge in [0.25, 0.3) is 0 Å². The van der Waals surface area contributed by atoms with E-state index < -0.39 is 0 Å². The number of rotatable bonds is 6. The zero-order valence-corrected chi connectivity index (χ0v) is 14.5. The number of fused-ring (bicyclic) bond motifs is 1. The highest BCUT2D eigenvalue weighted by molar-refractivity contribution is 5.97. The lowest BCUT2D eigenvalue weighted by Gasteiger charge is -2.21. The van der Waals surface area contributed by atoms with E-state index in [0.29, 0.717) is 17.6 Å².